The van der Waals surface area contributed by atoms with E-state index in [1.165, 1.54) is 51.6 Å². The summed E-state index contributed by atoms with van der Waals surface area (Å²) >= 11 is 0. The number of hydrogen-bond acceptors (Lipinski definition) is 6. The van der Waals surface area contributed by atoms with Crippen molar-refractivity contribution in [2.24, 2.45) is 4.99 Å². The standard InChI is InChI=1S/C22H33N7O.HI/c1-2-23-22(26-17-11-15-29(16-12-17)18-7-3-4-8-18)25-14-10-20-27-21(30-28-20)19-9-5-6-13-24-19;/h5-6,9,13,17-18H,2-4,7-8,10-12,14-16H2,1H3,(H2,23,25,26);1H. The highest BCUT2D eigenvalue weighted by Crippen LogP contribution is 2.26. The maximum atomic E-state index is 5.32. The van der Waals surface area contributed by atoms with Crippen LogP contribution in [0, 0.1) is 0 Å². The molecule has 2 aromatic rings. The van der Waals surface area contributed by atoms with E-state index >= 15 is 0 Å². The number of pyridine rings is 1. The van der Waals surface area contributed by atoms with E-state index in [2.05, 4.69) is 37.6 Å². The Morgan fingerprint density at radius 3 is 2.71 bits per heavy atom. The second kappa shape index (κ2) is 12.3. The molecule has 4 rings (SSSR count). The largest absolute Gasteiger partial charge is 0.357 e. The fourth-order valence-corrected chi connectivity index (χ4v) is 4.41. The molecule has 3 heterocycles. The lowest BCUT2D eigenvalue weighted by Crippen LogP contribution is -2.50. The summed E-state index contributed by atoms with van der Waals surface area (Å²) in [4.78, 5) is 16.1. The molecule has 1 aliphatic heterocycles. The first-order valence-corrected chi connectivity index (χ1v) is 11.3. The number of hydrogen-bond donors (Lipinski definition) is 2. The minimum atomic E-state index is 0. The third-order valence-electron chi connectivity index (χ3n) is 6.01. The molecule has 8 nitrogen and oxygen atoms in total. The van der Waals surface area contributed by atoms with Gasteiger partial charge in [-0.2, -0.15) is 4.98 Å². The van der Waals surface area contributed by atoms with Gasteiger partial charge in [0.2, 0.25) is 0 Å². The molecule has 170 valence electrons. The van der Waals surface area contributed by atoms with Crippen molar-refractivity contribution in [3.63, 3.8) is 0 Å². The summed E-state index contributed by atoms with van der Waals surface area (Å²) in [5, 5.41) is 11.0. The summed E-state index contributed by atoms with van der Waals surface area (Å²) < 4.78 is 5.32. The molecule has 1 saturated carbocycles. The van der Waals surface area contributed by atoms with Gasteiger partial charge in [-0.25, -0.2) is 0 Å². The lowest BCUT2D eigenvalue weighted by atomic mass is 10.0. The van der Waals surface area contributed by atoms with Crippen molar-refractivity contribution in [3.8, 4) is 11.6 Å². The van der Waals surface area contributed by atoms with Crippen LogP contribution < -0.4 is 10.6 Å². The molecule has 31 heavy (non-hydrogen) atoms. The van der Waals surface area contributed by atoms with Crippen molar-refractivity contribution in [1.82, 2.24) is 30.7 Å². The van der Waals surface area contributed by atoms with Crippen molar-refractivity contribution in [2.75, 3.05) is 26.2 Å². The molecule has 0 atom stereocenters. The minimum Gasteiger partial charge on any atom is -0.357 e. The van der Waals surface area contributed by atoms with Crippen LogP contribution in [0.15, 0.2) is 33.9 Å². The molecule has 9 heteroatoms. The van der Waals surface area contributed by atoms with E-state index < -0.39 is 0 Å². The van der Waals surface area contributed by atoms with Crippen LogP contribution in [0.1, 0.15) is 51.3 Å². The van der Waals surface area contributed by atoms with Gasteiger partial charge in [0.1, 0.15) is 5.69 Å². The fraction of sp³-hybridized carbons (Fsp3) is 0.636. The molecule has 0 amide bonds. The summed E-state index contributed by atoms with van der Waals surface area (Å²) in [7, 11) is 0. The first-order valence-electron chi connectivity index (χ1n) is 11.3. The molecular weight excluding hydrogens is 505 g/mol. The van der Waals surface area contributed by atoms with E-state index in [0.29, 0.717) is 36.4 Å². The summed E-state index contributed by atoms with van der Waals surface area (Å²) in [5.41, 5.74) is 0.693. The zero-order chi connectivity index (χ0) is 20.6. The summed E-state index contributed by atoms with van der Waals surface area (Å²) in [6, 6.07) is 6.95. The highest BCUT2D eigenvalue weighted by molar-refractivity contribution is 14.0. The molecule has 0 aromatic carbocycles. The molecule has 1 aliphatic carbocycles. The van der Waals surface area contributed by atoms with Gasteiger partial charge in [0.15, 0.2) is 11.8 Å². The van der Waals surface area contributed by atoms with E-state index in [1.807, 2.05) is 18.2 Å². The number of nitrogens with one attached hydrogen (secondary N) is 2. The lowest BCUT2D eigenvalue weighted by Gasteiger charge is -2.36. The molecule has 2 N–H and O–H groups in total. The quantitative estimate of drug-likeness (QED) is 0.317. The van der Waals surface area contributed by atoms with Gasteiger partial charge in [-0.05, 0) is 44.7 Å². The molecule has 0 spiro atoms. The summed E-state index contributed by atoms with van der Waals surface area (Å²) in [5.74, 6) is 1.99. The van der Waals surface area contributed by atoms with Gasteiger partial charge >= 0.3 is 0 Å². The van der Waals surface area contributed by atoms with Gasteiger partial charge in [-0.15, -0.1) is 24.0 Å². The molecule has 0 unspecified atom stereocenters. The highest BCUT2D eigenvalue weighted by atomic mass is 127. The Morgan fingerprint density at radius 2 is 2.00 bits per heavy atom. The van der Waals surface area contributed by atoms with Crippen LogP contribution in [-0.4, -0.2) is 64.2 Å². The second-order valence-corrected chi connectivity index (χ2v) is 8.13. The molecule has 0 bridgehead atoms. The maximum absolute atomic E-state index is 5.32. The van der Waals surface area contributed by atoms with Crippen LogP contribution in [0.3, 0.4) is 0 Å². The van der Waals surface area contributed by atoms with Gasteiger partial charge in [0.25, 0.3) is 5.89 Å². The van der Waals surface area contributed by atoms with Crippen LogP contribution >= 0.6 is 24.0 Å². The van der Waals surface area contributed by atoms with Crippen molar-refractivity contribution in [1.29, 1.82) is 0 Å². The Hall–Kier alpha value is -1.75. The zero-order valence-electron chi connectivity index (χ0n) is 18.3. The first kappa shape index (κ1) is 23.9. The zero-order valence-corrected chi connectivity index (χ0v) is 20.6. The predicted molar refractivity (Wildman–Crippen MR) is 133 cm³/mol. The number of piperidine rings is 1. The van der Waals surface area contributed by atoms with E-state index in [0.717, 1.165) is 18.5 Å². The Balaban J connectivity index is 0.00000272. The average molecular weight is 539 g/mol. The van der Waals surface area contributed by atoms with E-state index in [-0.39, 0.29) is 24.0 Å². The van der Waals surface area contributed by atoms with Gasteiger partial charge in [-0.3, -0.25) is 9.98 Å². The third kappa shape index (κ3) is 6.86. The number of guanidine groups is 1. The van der Waals surface area contributed by atoms with Gasteiger partial charge < -0.3 is 20.1 Å². The predicted octanol–water partition coefficient (Wildman–Crippen LogP) is 3.25. The molecule has 2 aliphatic rings. The Morgan fingerprint density at radius 1 is 1.19 bits per heavy atom. The summed E-state index contributed by atoms with van der Waals surface area (Å²) in [6.45, 7) is 5.94. The Labute approximate surface area is 201 Å². The van der Waals surface area contributed by atoms with Crippen LogP contribution in [0.25, 0.3) is 11.6 Å². The number of halogens is 1. The fourth-order valence-electron chi connectivity index (χ4n) is 4.41. The topological polar surface area (TPSA) is 91.5 Å². The second-order valence-electron chi connectivity index (χ2n) is 8.13. The number of nitrogens with zero attached hydrogens (tertiary/aromatic N) is 5. The highest BCUT2D eigenvalue weighted by Gasteiger charge is 2.27. The van der Waals surface area contributed by atoms with Gasteiger partial charge in [0.05, 0.1) is 0 Å². The van der Waals surface area contributed by atoms with Crippen molar-refractivity contribution >= 4 is 29.9 Å². The van der Waals surface area contributed by atoms with Gasteiger partial charge in [0, 0.05) is 50.9 Å². The van der Waals surface area contributed by atoms with Crippen molar-refractivity contribution < 1.29 is 4.52 Å². The molecule has 2 aromatic heterocycles. The first-order chi connectivity index (χ1) is 14.8. The molecule has 0 radical (unpaired) electrons. The Bertz CT molecular complexity index is 799. The SMILES string of the molecule is CCNC(=NCCc1noc(-c2ccccn2)n1)NC1CCN(C2CCCC2)CC1.I. The van der Waals surface area contributed by atoms with Crippen molar-refractivity contribution in [3.05, 3.63) is 30.2 Å². The normalized spacial score (nSPS) is 18.7. The van der Waals surface area contributed by atoms with E-state index in [4.69, 9.17) is 9.52 Å². The number of aliphatic imine (C=N–C) groups is 1. The van der Waals surface area contributed by atoms with Crippen molar-refractivity contribution in [2.45, 2.75) is 64.0 Å². The van der Waals surface area contributed by atoms with Crippen LogP contribution in [-0.2, 0) is 6.42 Å². The van der Waals surface area contributed by atoms with Crippen LogP contribution in [0.4, 0.5) is 0 Å². The minimum absolute atomic E-state index is 0. The van der Waals surface area contributed by atoms with Crippen LogP contribution in [0.2, 0.25) is 0 Å². The third-order valence-corrected chi connectivity index (χ3v) is 6.01. The molecule has 2 fully saturated rings. The smallest absolute Gasteiger partial charge is 0.276 e. The molecule has 1 saturated heterocycles. The maximum Gasteiger partial charge on any atom is 0.276 e. The van der Waals surface area contributed by atoms with Gasteiger partial charge in [-0.1, -0.05) is 24.1 Å². The van der Waals surface area contributed by atoms with E-state index in [1.54, 1.807) is 6.20 Å². The molecular formula is C22H34IN7O. The summed E-state index contributed by atoms with van der Waals surface area (Å²) in [6.07, 6.45) is 10.3. The van der Waals surface area contributed by atoms with Crippen LogP contribution in [0.5, 0.6) is 0 Å². The average Bonchev–Trinajstić information content (AvgIpc) is 3.48. The monoisotopic (exact) mass is 539 g/mol. The number of likely N-dealkylation sites (tertiary alicyclic amines) is 1. The number of rotatable bonds is 7. The lowest BCUT2D eigenvalue weighted by molar-refractivity contribution is 0.150. The number of aromatic nitrogens is 3. The Kier molecular flexibility index (Phi) is 9.51. The van der Waals surface area contributed by atoms with E-state index in [9.17, 15) is 0 Å².